The van der Waals surface area contributed by atoms with Crippen LogP contribution in [0.3, 0.4) is 0 Å². The zero-order valence-corrected chi connectivity index (χ0v) is 12.1. The summed E-state index contributed by atoms with van der Waals surface area (Å²) in [5, 5.41) is 0. The third kappa shape index (κ3) is 2.94. The van der Waals surface area contributed by atoms with E-state index < -0.39 is 0 Å². The number of aryl methyl sites for hydroxylation is 2. The number of benzene rings is 1. The molecule has 2 nitrogen and oxygen atoms in total. The quantitative estimate of drug-likeness (QED) is 0.794. The standard InChI is InChI=1S/C17H24O2/c1-13-9-14(2)11-16(10-13)19-15-5-8-18-17(12-15)6-3-4-7-17/h9-11,15H,3-8,12H2,1-2H3. The van der Waals surface area contributed by atoms with Gasteiger partial charge in [0.25, 0.3) is 0 Å². The van der Waals surface area contributed by atoms with Crippen molar-refractivity contribution in [3.8, 4) is 5.75 Å². The first-order chi connectivity index (χ1) is 9.15. The van der Waals surface area contributed by atoms with Crippen molar-refractivity contribution >= 4 is 0 Å². The van der Waals surface area contributed by atoms with E-state index in [0.29, 0.717) is 6.10 Å². The summed E-state index contributed by atoms with van der Waals surface area (Å²) < 4.78 is 12.3. The predicted molar refractivity (Wildman–Crippen MR) is 76.7 cm³/mol. The summed E-state index contributed by atoms with van der Waals surface area (Å²) in [6.45, 7) is 5.11. The molecule has 2 heteroatoms. The van der Waals surface area contributed by atoms with Gasteiger partial charge in [-0.25, -0.2) is 0 Å². The van der Waals surface area contributed by atoms with Gasteiger partial charge < -0.3 is 9.47 Å². The van der Waals surface area contributed by atoms with Crippen LogP contribution in [0.15, 0.2) is 18.2 Å². The van der Waals surface area contributed by atoms with Crippen molar-refractivity contribution in [2.45, 2.75) is 64.1 Å². The van der Waals surface area contributed by atoms with Gasteiger partial charge in [0.05, 0.1) is 12.2 Å². The first-order valence-corrected chi connectivity index (χ1v) is 7.54. The Bertz CT molecular complexity index is 426. The van der Waals surface area contributed by atoms with Gasteiger partial charge in [-0.1, -0.05) is 18.9 Å². The number of hydrogen-bond donors (Lipinski definition) is 0. The second-order valence-electron chi connectivity index (χ2n) is 6.29. The summed E-state index contributed by atoms with van der Waals surface area (Å²) in [6.07, 6.45) is 7.49. The zero-order chi connectivity index (χ0) is 13.3. The smallest absolute Gasteiger partial charge is 0.120 e. The summed E-state index contributed by atoms with van der Waals surface area (Å²) in [7, 11) is 0. The highest BCUT2D eigenvalue weighted by molar-refractivity contribution is 5.33. The van der Waals surface area contributed by atoms with Gasteiger partial charge in [0.2, 0.25) is 0 Å². The average molecular weight is 260 g/mol. The van der Waals surface area contributed by atoms with Crippen molar-refractivity contribution in [1.82, 2.24) is 0 Å². The van der Waals surface area contributed by atoms with E-state index in [2.05, 4.69) is 32.0 Å². The van der Waals surface area contributed by atoms with Crippen LogP contribution in [0.4, 0.5) is 0 Å². The van der Waals surface area contributed by atoms with Gasteiger partial charge in [0.1, 0.15) is 11.9 Å². The fourth-order valence-electron chi connectivity index (χ4n) is 3.64. The molecule has 0 N–H and O–H groups in total. The Morgan fingerprint density at radius 3 is 2.47 bits per heavy atom. The minimum absolute atomic E-state index is 0.141. The molecule has 1 saturated carbocycles. The normalized spacial score (nSPS) is 25.7. The van der Waals surface area contributed by atoms with Gasteiger partial charge in [-0.3, -0.25) is 0 Å². The Morgan fingerprint density at radius 2 is 1.79 bits per heavy atom. The topological polar surface area (TPSA) is 18.5 Å². The molecule has 0 bridgehead atoms. The van der Waals surface area contributed by atoms with E-state index in [4.69, 9.17) is 9.47 Å². The average Bonchev–Trinajstić information content (AvgIpc) is 2.76. The van der Waals surface area contributed by atoms with E-state index in [1.165, 1.54) is 36.8 Å². The second kappa shape index (κ2) is 5.16. The molecule has 3 rings (SSSR count). The maximum atomic E-state index is 6.22. The maximum absolute atomic E-state index is 6.22. The Hall–Kier alpha value is -1.02. The van der Waals surface area contributed by atoms with Crippen LogP contribution in [0, 0.1) is 13.8 Å². The number of ether oxygens (including phenoxy) is 2. The second-order valence-corrected chi connectivity index (χ2v) is 6.29. The molecule has 1 atom stereocenters. The SMILES string of the molecule is Cc1cc(C)cc(OC2CCOC3(CCCC3)C2)c1. The van der Waals surface area contributed by atoms with Gasteiger partial charge >= 0.3 is 0 Å². The predicted octanol–water partition coefficient (Wildman–Crippen LogP) is 4.17. The Morgan fingerprint density at radius 1 is 1.11 bits per heavy atom. The van der Waals surface area contributed by atoms with E-state index in [0.717, 1.165) is 25.2 Å². The molecular formula is C17H24O2. The molecule has 19 heavy (non-hydrogen) atoms. The van der Waals surface area contributed by atoms with Crippen LogP contribution in [0.2, 0.25) is 0 Å². The Kier molecular flexibility index (Phi) is 3.53. The summed E-state index contributed by atoms with van der Waals surface area (Å²) in [6, 6.07) is 6.48. The zero-order valence-electron chi connectivity index (χ0n) is 12.1. The Balaban J connectivity index is 1.69. The van der Waals surface area contributed by atoms with Crippen LogP contribution in [0.5, 0.6) is 5.75 Å². The van der Waals surface area contributed by atoms with Crippen LogP contribution in [-0.2, 0) is 4.74 Å². The van der Waals surface area contributed by atoms with Crippen molar-refractivity contribution in [2.75, 3.05) is 6.61 Å². The van der Waals surface area contributed by atoms with Gasteiger partial charge in [0.15, 0.2) is 0 Å². The van der Waals surface area contributed by atoms with Gasteiger partial charge in [-0.2, -0.15) is 0 Å². The van der Waals surface area contributed by atoms with Crippen molar-refractivity contribution in [1.29, 1.82) is 0 Å². The maximum Gasteiger partial charge on any atom is 0.120 e. The molecule has 2 aliphatic rings. The molecule has 1 unspecified atom stereocenters. The van der Waals surface area contributed by atoms with Gasteiger partial charge in [0, 0.05) is 12.8 Å². The molecule has 104 valence electrons. The first-order valence-electron chi connectivity index (χ1n) is 7.54. The highest BCUT2D eigenvalue weighted by Crippen LogP contribution is 2.40. The van der Waals surface area contributed by atoms with Crippen LogP contribution in [-0.4, -0.2) is 18.3 Å². The van der Waals surface area contributed by atoms with E-state index in [9.17, 15) is 0 Å². The molecule has 1 heterocycles. The summed E-state index contributed by atoms with van der Waals surface area (Å²) >= 11 is 0. The lowest BCUT2D eigenvalue weighted by Gasteiger charge is -2.38. The van der Waals surface area contributed by atoms with Gasteiger partial charge in [-0.15, -0.1) is 0 Å². The van der Waals surface area contributed by atoms with E-state index >= 15 is 0 Å². The van der Waals surface area contributed by atoms with Crippen molar-refractivity contribution in [3.63, 3.8) is 0 Å². The molecule has 1 aromatic carbocycles. The molecule has 1 aliphatic heterocycles. The van der Waals surface area contributed by atoms with E-state index in [-0.39, 0.29) is 5.60 Å². The third-order valence-electron chi connectivity index (χ3n) is 4.46. The third-order valence-corrected chi connectivity index (χ3v) is 4.46. The summed E-state index contributed by atoms with van der Waals surface area (Å²) in [4.78, 5) is 0. The van der Waals surface area contributed by atoms with Crippen LogP contribution < -0.4 is 4.74 Å². The molecule has 2 fully saturated rings. The lowest BCUT2D eigenvalue weighted by Crippen LogP contribution is -2.41. The molecule has 0 amide bonds. The van der Waals surface area contributed by atoms with Crippen molar-refractivity contribution in [3.05, 3.63) is 29.3 Å². The molecule has 1 saturated heterocycles. The van der Waals surface area contributed by atoms with E-state index in [1.54, 1.807) is 0 Å². The van der Waals surface area contributed by atoms with Crippen LogP contribution >= 0.6 is 0 Å². The minimum Gasteiger partial charge on any atom is -0.490 e. The molecule has 1 aliphatic carbocycles. The minimum atomic E-state index is 0.141. The molecule has 1 spiro atoms. The van der Waals surface area contributed by atoms with Gasteiger partial charge in [-0.05, 0) is 49.9 Å². The highest BCUT2D eigenvalue weighted by atomic mass is 16.5. The Labute approximate surface area is 116 Å². The summed E-state index contributed by atoms with van der Waals surface area (Å²) in [5.41, 5.74) is 2.69. The lowest BCUT2D eigenvalue weighted by atomic mass is 9.90. The highest BCUT2D eigenvalue weighted by Gasteiger charge is 2.40. The largest absolute Gasteiger partial charge is 0.490 e. The monoisotopic (exact) mass is 260 g/mol. The van der Waals surface area contributed by atoms with Crippen molar-refractivity contribution in [2.24, 2.45) is 0 Å². The molecular weight excluding hydrogens is 236 g/mol. The fourth-order valence-corrected chi connectivity index (χ4v) is 3.64. The fraction of sp³-hybridized carbons (Fsp3) is 0.647. The number of hydrogen-bond acceptors (Lipinski definition) is 2. The van der Waals surface area contributed by atoms with Crippen LogP contribution in [0.1, 0.15) is 49.7 Å². The lowest BCUT2D eigenvalue weighted by molar-refractivity contribution is -0.108. The molecule has 0 aromatic heterocycles. The molecule has 0 radical (unpaired) electrons. The van der Waals surface area contributed by atoms with Crippen molar-refractivity contribution < 1.29 is 9.47 Å². The summed E-state index contributed by atoms with van der Waals surface area (Å²) in [5.74, 6) is 1.03. The van der Waals surface area contributed by atoms with Crippen LogP contribution in [0.25, 0.3) is 0 Å². The molecule has 1 aromatic rings. The number of rotatable bonds is 2. The first kappa shape index (κ1) is 13.0. The van der Waals surface area contributed by atoms with E-state index in [1.807, 2.05) is 0 Å².